The van der Waals surface area contributed by atoms with E-state index in [0.717, 1.165) is 30.6 Å². The average molecular weight is 380 g/mol. The summed E-state index contributed by atoms with van der Waals surface area (Å²) >= 11 is 0. The van der Waals surface area contributed by atoms with E-state index < -0.39 is 0 Å². The minimum Gasteiger partial charge on any atom is -0.334 e. The van der Waals surface area contributed by atoms with Crippen LogP contribution in [0.1, 0.15) is 30.4 Å². The molecular formula is C22H28N4O2. The molecule has 2 amide bonds. The highest BCUT2D eigenvalue weighted by Crippen LogP contribution is 2.28. The third kappa shape index (κ3) is 4.12. The lowest BCUT2D eigenvalue weighted by Gasteiger charge is -2.26. The van der Waals surface area contributed by atoms with E-state index in [9.17, 15) is 9.59 Å². The van der Waals surface area contributed by atoms with Crippen LogP contribution in [0.25, 0.3) is 0 Å². The number of carbonyl (C=O) groups is 1. The first-order chi connectivity index (χ1) is 13.6. The zero-order valence-corrected chi connectivity index (χ0v) is 16.4. The maximum absolute atomic E-state index is 12.6. The number of fused-ring (bicyclic) bond motifs is 2. The van der Waals surface area contributed by atoms with Crippen molar-refractivity contribution in [1.29, 1.82) is 0 Å². The summed E-state index contributed by atoms with van der Waals surface area (Å²) in [6, 6.07) is 14.4. The van der Waals surface area contributed by atoms with Crippen molar-refractivity contribution in [3.8, 4) is 0 Å². The third-order valence-electron chi connectivity index (χ3n) is 6.15. The molecule has 2 unspecified atom stereocenters. The van der Waals surface area contributed by atoms with Crippen molar-refractivity contribution < 1.29 is 4.79 Å². The second-order valence-corrected chi connectivity index (χ2v) is 7.93. The summed E-state index contributed by atoms with van der Waals surface area (Å²) in [4.78, 5) is 28.8. The molecule has 2 atom stereocenters. The molecule has 2 aromatic rings. The first-order valence-electron chi connectivity index (χ1n) is 10.1. The van der Waals surface area contributed by atoms with Gasteiger partial charge in [-0.2, -0.15) is 0 Å². The van der Waals surface area contributed by atoms with Gasteiger partial charge in [-0.3, -0.25) is 9.69 Å². The minimum absolute atomic E-state index is 0.00404. The molecule has 0 radical (unpaired) electrons. The number of likely N-dealkylation sites (tertiary alicyclic amines) is 1. The SMILES string of the molecule is CN1C2CCC1CN(C(=O)NCc1ccc(Cn3ccccc3=O)cc1)CC2. The minimum atomic E-state index is -0.00404. The van der Waals surface area contributed by atoms with Crippen molar-refractivity contribution in [1.82, 2.24) is 19.7 Å². The first kappa shape index (κ1) is 18.7. The van der Waals surface area contributed by atoms with Gasteiger partial charge in [-0.15, -0.1) is 0 Å². The number of nitrogens with zero attached hydrogens (tertiary/aromatic N) is 3. The lowest BCUT2D eigenvalue weighted by Crippen LogP contribution is -2.44. The Kier molecular flexibility index (Phi) is 5.48. The van der Waals surface area contributed by atoms with Gasteiger partial charge in [-0.25, -0.2) is 4.79 Å². The van der Waals surface area contributed by atoms with Crippen LogP contribution in [0.3, 0.4) is 0 Å². The molecule has 0 spiro atoms. The van der Waals surface area contributed by atoms with E-state index in [0.29, 0.717) is 25.2 Å². The summed E-state index contributed by atoms with van der Waals surface area (Å²) < 4.78 is 1.68. The highest BCUT2D eigenvalue weighted by Gasteiger charge is 2.35. The maximum atomic E-state index is 12.6. The summed E-state index contributed by atoms with van der Waals surface area (Å²) in [5, 5.41) is 3.06. The van der Waals surface area contributed by atoms with Gasteiger partial charge in [0, 0.05) is 44.0 Å². The Morgan fingerprint density at radius 1 is 1.04 bits per heavy atom. The number of benzene rings is 1. The number of nitrogens with one attached hydrogen (secondary N) is 1. The van der Waals surface area contributed by atoms with Gasteiger partial charge < -0.3 is 14.8 Å². The molecule has 1 aromatic heterocycles. The van der Waals surface area contributed by atoms with Gasteiger partial charge in [-0.05, 0) is 43.5 Å². The number of likely N-dealkylation sites (N-methyl/N-ethyl adjacent to an activating group) is 1. The molecule has 2 bridgehead atoms. The summed E-state index contributed by atoms with van der Waals surface area (Å²) in [6.45, 7) is 2.73. The monoisotopic (exact) mass is 380 g/mol. The molecule has 3 heterocycles. The number of aromatic nitrogens is 1. The van der Waals surface area contributed by atoms with Crippen LogP contribution in [0.4, 0.5) is 4.79 Å². The Labute approximate surface area is 165 Å². The van der Waals surface area contributed by atoms with Crippen molar-refractivity contribution in [3.05, 3.63) is 70.1 Å². The molecule has 1 aromatic carbocycles. The normalized spacial score (nSPS) is 22.1. The maximum Gasteiger partial charge on any atom is 0.317 e. The van der Waals surface area contributed by atoms with E-state index in [2.05, 4.69) is 17.3 Å². The van der Waals surface area contributed by atoms with Crippen LogP contribution < -0.4 is 10.9 Å². The van der Waals surface area contributed by atoms with Crippen molar-refractivity contribution >= 4 is 6.03 Å². The first-order valence-corrected chi connectivity index (χ1v) is 10.1. The molecule has 6 nitrogen and oxygen atoms in total. The predicted octanol–water partition coefficient (Wildman–Crippen LogP) is 2.27. The summed E-state index contributed by atoms with van der Waals surface area (Å²) in [6.07, 6.45) is 5.31. The zero-order valence-electron chi connectivity index (χ0n) is 16.4. The van der Waals surface area contributed by atoms with Crippen molar-refractivity contribution in [3.63, 3.8) is 0 Å². The molecule has 0 saturated carbocycles. The van der Waals surface area contributed by atoms with E-state index in [1.54, 1.807) is 22.9 Å². The van der Waals surface area contributed by atoms with Crippen LogP contribution in [-0.2, 0) is 13.1 Å². The van der Waals surface area contributed by atoms with Crippen LogP contribution in [-0.4, -0.2) is 52.6 Å². The number of rotatable bonds is 4. The van der Waals surface area contributed by atoms with Gasteiger partial charge in [-0.1, -0.05) is 30.3 Å². The number of hydrogen-bond acceptors (Lipinski definition) is 3. The van der Waals surface area contributed by atoms with E-state index in [1.807, 2.05) is 35.2 Å². The summed E-state index contributed by atoms with van der Waals surface area (Å²) in [7, 11) is 2.19. The Morgan fingerprint density at radius 2 is 1.79 bits per heavy atom. The molecule has 4 rings (SSSR count). The van der Waals surface area contributed by atoms with E-state index in [1.165, 1.54) is 12.8 Å². The molecule has 2 aliphatic rings. The highest BCUT2D eigenvalue weighted by molar-refractivity contribution is 5.74. The van der Waals surface area contributed by atoms with Crippen molar-refractivity contribution in [2.75, 3.05) is 20.1 Å². The molecule has 2 saturated heterocycles. The Balaban J connectivity index is 1.30. The fourth-order valence-electron chi connectivity index (χ4n) is 4.33. The van der Waals surface area contributed by atoms with E-state index >= 15 is 0 Å². The van der Waals surface area contributed by atoms with Gasteiger partial charge in [0.25, 0.3) is 5.56 Å². The van der Waals surface area contributed by atoms with E-state index in [-0.39, 0.29) is 11.6 Å². The lowest BCUT2D eigenvalue weighted by molar-refractivity contribution is 0.188. The number of pyridine rings is 1. The van der Waals surface area contributed by atoms with Crippen LogP contribution >= 0.6 is 0 Å². The van der Waals surface area contributed by atoms with Gasteiger partial charge in [0.2, 0.25) is 0 Å². The fraction of sp³-hybridized carbons (Fsp3) is 0.455. The number of urea groups is 1. The predicted molar refractivity (Wildman–Crippen MR) is 109 cm³/mol. The average Bonchev–Trinajstić information content (AvgIpc) is 2.94. The molecule has 2 aliphatic heterocycles. The van der Waals surface area contributed by atoms with Gasteiger partial charge in [0.15, 0.2) is 0 Å². The summed E-state index contributed by atoms with van der Waals surface area (Å²) in [5.74, 6) is 0. The van der Waals surface area contributed by atoms with Crippen molar-refractivity contribution in [2.45, 2.75) is 44.4 Å². The highest BCUT2D eigenvalue weighted by atomic mass is 16.2. The molecule has 28 heavy (non-hydrogen) atoms. The topological polar surface area (TPSA) is 57.6 Å². The molecule has 0 aliphatic carbocycles. The van der Waals surface area contributed by atoms with Crippen LogP contribution in [0.5, 0.6) is 0 Å². The third-order valence-corrected chi connectivity index (χ3v) is 6.15. The quantitative estimate of drug-likeness (QED) is 0.885. The van der Waals surface area contributed by atoms with Crippen LogP contribution in [0.2, 0.25) is 0 Å². The van der Waals surface area contributed by atoms with Gasteiger partial charge >= 0.3 is 6.03 Å². The molecule has 6 heteroatoms. The zero-order chi connectivity index (χ0) is 19.5. The smallest absolute Gasteiger partial charge is 0.317 e. The number of amides is 2. The second kappa shape index (κ2) is 8.19. The Hall–Kier alpha value is -2.60. The van der Waals surface area contributed by atoms with Crippen LogP contribution in [0.15, 0.2) is 53.5 Å². The fourth-order valence-corrected chi connectivity index (χ4v) is 4.33. The van der Waals surface area contributed by atoms with Gasteiger partial charge in [0.05, 0.1) is 6.54 Å². The molecule has 148 valence electrons. The van der Waals surface area contributed by atoms with Crippen LogP contribution in [0, 0.1) is 0 Å². The lowest BCUT2D eigenvalue weighted by atomic mass is 10.1. The van der Waals surface area contributed by atoms with E-state index in [4.69, 9.17) is 0 Å². The molecular weight excluding hydrogens is 352 g/mol. The standard InChI is InChI=1S/C22H28N4O2/c1-24-19-9-10-20(24)16-26(13-11-19)22(28)23-14-17-5-7-18(8-6-17)15-25-12-3-2-4-21(25)27/h2-8,12,19-20H,9-11,13-16H2,1H3,(H,23,28). The molecule has 1 N–H and O–H groups in total. The van der Waals surface area contributed by atoms with Gasteiger partial charge in [0.1, 0.15) is 0 Å². The number of hydrogen-bond donors (Lipinski definition) is 1. The largest absolute Gasteiger partial charge is 0.334 e. The number of carbonyl (C=O) groups excluding carboxylic acids is 1. The Bertz CT molecular complexity index is 877. The second-order valence-electron chi connectivity index (χ2n) is 7.93. The Morgan fingerprint density at radius 3 is 2.57 bits per heavy atom. The molecule has 2 fully saturated rings. The summed E-state index contributed by atoms with van der Waals surface area (Å²) in [5.41, 5.74) is 2.12. The van der Waals surface area contributed by atoms with Crippen molar-refractivity contribution in [2.24, 2.45) is 0 Å².